The number of aromatic nitrogens is 1. The molecular weight excluding hydrogens is 225 g/mol. The molecule has 0 amide bonds. The van der Waals surface area contributed by atoms with Crippen LogP contribution >= 0.6 is 0 Å². The minimum atomic E-state index is -1.67. The Hall–Kier alpha value is -2.17. The van der Waals surface area contributed by atoms with E-state index < -0.39 is 11.7 Å². The summed E-state index contributed by atoms with van der Waals surface area (Å²) in [5, 5.41) is 0. The van der Waals surface area contributed by atoms with E-state index in [2.05, 4.69) is 4.98 Å². The van der Waals surface area contributed by atoms with Crippen LogP contribution in [0.5, 0.6) is 5.95 Å². The van der Waals surface area contributed by atoms with Crippen LogP contribution in [-0.2, 0) is 0 Å². The fraction of sp³-hybridized carbons (Fsp3) is 0.167. The Labute approximate surface area is 97.0 Å². The Balaban J connectivity index is 2.44. The number of hydrogen-bond donors (Lipinski definition) is 0. The highest BCUT2D eigenvalue weighted by Gasteiger charge is 2.21. The Morgan fingerprint density at radius 2 is 2.12 bits per heavy atom. The zero-order chi connectivity index (χ0) is 12.3. The molecule has 1 aromatic heterocycles. The molecule has 0 fully saturated rings. The van der Waals surface area contributed by atoms with E-state index in [0.717, 1.165) is 0 Å². The van der Waals surface area contributed by atoms with Gasteiger partial charge in [-0.15, -0.1) is 0 Å². The van der Waals surface area contributed by atoms with Gasteiger partial charge in [0.25, 0.3) is 0 Å². The number of rotatable bonds is 4. The van der Waals surface area contributed by atoms with Gasteiger partial charge in [-0.2, -0.15) is 9.37 Å². The number of oxazole rings is 1. The lowest BCUT2D eigenvalue weighted by atomic mass is 10.2. The van der Waals surface area contributed by atoms with Crippen molar-refractivity contribution in [2.45, 2.75) is 6.92 Å². The number of benzene rings is 1. The second kappa shape index (κ2) is 4.78. The molecule has 0 saturated heterocycles. The van der Waals surface area contributed by atoms with Gasteiger partial charge in [0.2, 0.25) is 11.6 Å². The molecule has 1 aromatic carbocycles. The van der Waals surface area contributed by atoms with Gasteiger partial charge in [0.1, 0.15) is 0 Å². The van der Waals surface area contributed by atoms with Crippen molar-refractivity contribution in [2.75, 3.05) is 6.61 Å². The van der Waals surface area contributed by atoms with Crippen molar-refractivity contribution >= 4 is 6.04 Å². The van der Waals surface area contributed by atoms with Crippen molar-refractivity contribution in [1.82, 2.24) is 4.98 Å². The summed E-state index contributed by atoms with van der Waals surface area (Å²) in [5.41, 5.74) is 0.228. The second-order valence-corrected chi connectivity index (χ2v) is 3.23. The fourth-order valence-electron chi connectivity index (χ4n) is 1.36. The van der Waals surface area contributed by atoms with Gasteiger partial charge in [-0.05, 0) is 19.1 Å². The lowest BCUT2D eigenvalue weighted by molar-refractivity contribution is 0.0823. The summed E-state index contributed by atoms with van der Waals surface area (Å²) in [6, 6.07) is 7.23. The Morgan fingerprint density at radius 3 is 2.71 bits per heavy atom. The Morgan fingerprint density at radius 1 is 1.41 bits per heavy atom. The zero-order valence-corrected chi connectivity index (χ0v) is 9.14. The van der Waals surface area contributed by atoms with E-state index in [0.29, 0.717) is 5.56 Å². The number of carbonyl (C=O) groups excluding carboxylic acids is 1. The van der Waals surface area contributed by atoms with Crippen LogP contribution < -0.4 is 4.74 Å². The van der Waals surface area contributed by atoms with Crippen LogP contribution in [0.4, 0.5) is 4.39 Å². The standard InChI is InChI=1S/C12H10FNO3/c1-2-16-12-9(10(13)15)14-11(17-12)8-6-4-3-5-7-8/h3-7H,2H2,1H3. The van der Waals surface area contributed by atoms with Crippen LogP contribution in [0.2, 0.25) is 0 Å². The van der Waals surface area contributed by atoms with E-state index in [1.165, 1.54) is 0 Å². The molecular formula is C12H10FNO3. The van der Waals surface area contributed by atoms with Crippen LogP contribution in [0.15, 0.2) is 34.7 Å². The molecule has 1 heterocycles. The van der Waals surface area contributed by atoms with Gasteiger partial charge in [-0.3, -0.25) is 4.79 Å². The van der Waals surface area contributed by atoms with E-state index >= 15 is 0 Å². The van der Waals surface area contributed by atoms with Gasteiger partial charge in [-0.1, -0.05) is 18.2 Å². The van der Waals surface area contributed by atoms with Crippen molar-refractivity contribution < 1.29 is 18.3 Å². The number of ether oxygens (including phenoxy) is 1. The van der Waals surface area contributed by atoms with Crippen LogP contribution in [0.25, 0.3) is 11.5 Å². The van der Waals surface area contributed by atoms with Crippen molar-refractivity contribution in [3.63, 3.8) is 0 Å². The van der Waals surface area contributed by atoms with Gasteiger partial charge in [0.15, 0.2) is 0 Å². The Kier molecular flexibility index (Phi) is 3.18. The first kappa shape index (κ1) is 11.3. The van der Waals surface area contributed by atoms with Gasteiger partial charge >= 0.3 is 12.0 Å². The first-order chi connectivity index (χ1) is 8.22. The summed E-state index contributed by atoms with van der Waals surface area (Å²) in [6.45, 7) is 1.97. The third-order valence-electron chi connectivity index (χ3n) is 2.08. The summed E-state index contributed by atoms with van der Waals surface area (Å²) in [5.74, 6) is -0.0195. The Bertz CT molecular complexity index is 522. The molecule has 4 nitrogen and oxygen atoms in total. The number of carbonyl (C=O) groups is 1. The van der Waals surface area contributed by atoms with Gasteiger partial charge in [0, 0.05) is 5.56 Å². The molecule has 0 aliphatic carbocycles. The highest BCUT2D eigenvalue weighted by atomic mass is 19.1. The van der Waals surface area contributed by atoms with E-state index in [1.54, 1.807) is 31.2 Å². The zero-order valence-electron chi connectivity index (χ0n) is 9.14. The van der Waals surface area contributed by atoms with E-state index in [-0.39, 0.29) is 18.4 Å². The molecule has 0 aliphatic rings. The van der Waals surface area contributed by atoms with E-state index in [4.69, 9.17) is 9.15 Å². The molecule has 2 rings (SSSR count). The van der Waals surface area contributed by atoms with Gasteiger partial charge in [0.05, 0.1) is 6.61 Å². The lowest BCUT2D eigenvalue weighted by Crippen LogP contribution is -1.97. The average molecular weight is 235 g/mol. The van der Waals surface area contributed by atoms with Crippen molar-refractivity contribution in [3.8, 4) is 17.4 Å². The smallest absolute Gasteiger partial charge is 0.357 e. The van der Waals surface area contributed by atoms with Crippen LogP contribution in [0.1, 0.15) is 17.4 Å². The molecule has 0 unspecified atom stereocenters. The SMILES string of the molecule is CCOc1oc(-c2ccccc2)nc1C(=O)F. The second-order valence-electron chi connectivity index (χ2n) is 3.23. The third-order valence-corrected chi connectivity index (χ3v) is 2.08. The predicted molar refractivity (Wildman–Crippen MR) is 58.5 cm³/mol. The number of halogens is 1. The minimum absolute atomic E-state index is 0.162. The fourth-order valence-corrected chi connectivity index (χ4v) is 1.36. The molecule has 0 spiro atoms. The highest BCUT2D eigenvalue weighted by molar-refractivity contribution is 5.89. The minimum Gasteiger partial charge on any atom is -0.464 e. The summed E-state index contributed by atoms with van der Waals surface area (Å²) >= 11 is 0. The van der Waals surface area contributed by atoms with E-state index in [1.807, 2.05) is 6.07 Å². The normalized spacial score (nSPS) is 10.2. The third kappa shape index (κ3) is 2.33. The highest BCUT2D eigenvalue weighted by Crippen LogP contribution is 2.27. The maximum atomic E-state index is 12.7. The lowest BCUT2D eigenvalue weighted by Gasteiger charge is -1.96. The van der Waals surface area contributed by atoms with E-state index in [9.17, 15) is 9.18 Å². The molecule has 0 atom stereocenters. The van der Waals surface area contributed by atoms with Crippen LogP contribution in [0.3, 0.4) is 0 Å². The average Bonchev–Trinajstić information content (AvgIpc) is 2.75. The van der Waals surface area contributed by atoms with Crippen LogP contribution in [-0.4, -0.2) is 17.6 Å². The molecule has 17 heavy (non-hydrogen) atoms. The topological polar surface area (TPSA) is 52.3 Å². The molecule has 0 aliphatic heterocycles. The molecule has 0 radical (unpaired) electrons. The maximum absolute atomic E-state index is 12.7. The molecule has 88 valence electrons. The molecule has 5 heteroatoms. The summed E-state index contributed by atoms with van der Waals surface area (Å²) in [7, 11) is 0. The quantitative estimate of drug-likeness (QED) is 0.764. The van der Waals surface area contributed by atoms with Gasteiger partial charge < -0.3 is 9.15 Å². The van der Waals surface area contributed by atoms with Gasteiger partial charge in [-0.25, -0.2) is 0 Å². The number of hydrogen-bond acceptors (Lipinski definition) is 4. The van der Waals surface area contributed by atoms with Crippen molar-refractivity contribution in [3.05, 3.63) is 36.0 Å². The maximum Gasteiger partial charge on any atom is 0.357 e. The first-order valence-electron chi connectivity index (χ1n) is 5.11. The summed E-state index contributed by atoms with van der Waals surface area (Å²) in [4.78, 5) is 14.5. The monoisotopic (exact) mass is 235 g/mol. The molecule has 2 aromatic rings. The predicted octanol–water partition coefficient (Wildman–Crippen LogP) is 2.85. The van der Waals surface area contributed by atoms with Crippen LogP contribution in [0, 0.1) is 0 Å². The van der Waals surface area contributed by atoms with Crippen molar-refractivity contribution in [2.24, 2.45) is 0 Å². The first-order valence-corrected chi connectivity index (χ1v) is 5.11. The van der Waals surface area contributed by atoms with Crippen molar-refractivity contribution in [1.29, 1.82) is 0 Å². The molecule has 0 N–H and O–H groups in total. The summed E-state index contributed by atoms with van der Waals surface area (Å²) < 4.78 is 22.9. The molecule has 0 bridgehead atoms. The summed E-state index contributed by atoms with van der Waals surface area (Å²) in [6.07, 6.45) is 0. The number of nitrogens with zero attached hydrogens (tertiary/aromatic N) is 1. The molecule has 0 saturated carbocycles. The largest absolute Gasteiger partial charge is 0.464 e.